The summed E-state index contributed by atoms with van der Waals surface area (Å²) in [6.45, 7) is 2.03. The smallest absolute Gasteiger partial charge is 0.338 e. The summed E-state index contributed by atoms with van der Waals surface area (Å²) in [5.74, 6) is -0.679. The minimum atomic E-state index is -0.412. The molecular weight excluding hydrogens is 490 g/mol. The van der Waals surface area contributed by atoms with Crippen LogP contribution in [-0.4, -0.2) is 38.5 Å². The van der Waals surface area contributed by atoms with Gasteiger partial charge in [0.15, 0.2) is 11.6 Å². The van der Waals surface area contributed by atoms with Gasteiger partial charge in [-0.15, -0.1) is 0 Å². The van der Waals surface area contributed by atoms with Crippen LogP contribution in [0, 0.1) is 0 Å². The molecule has 0 amide bonds. The number of ketones is 1. The number of aromatic amines is 1. The molecule has 3 N–H and O–H groups in total. The molecule has 2 aromatic heterocycles. The third-order valence-corrected chi connectivity index (χ3v) is 6.14. The minimum absolute atomic E-state index is 0.0335. The van der Waals surface area contributed by atoms with E-state index >= 15 is 0 Å². The topological polar surface area (TPSA) is 124 Å². The summed E-state index contributed by atoms with van der Waals surface area (Å²) in [5, 5.41) is 8.21. The summed E-state index contributed by atoms with van der Waals surface area (Å²) in [5.41, 5.74) is 10.6. The Morgan fingerprint density at radius 3 is 2.43 bits per heavy atom. The number of H-pyrrole nitrogens is 1. The lowest BCUT2D eigenvalue weighted by molar-refractivity contribution is 0.0526. The number of carbonyl (C=O) groups is 2. The molecule has 0 saturated heterocycles. The predicted octanol–water partition coefficient (Wildman–Crippen LogP) is 5.52. The Bertz CT molecular complexity index is 1620. The van der Waals surface area contributed by atoms with Crippen molar-refractivity contribution < 1.29 is 14.3 Å². The molecule has 9 heteroatoms. The van der Waals surface area contributed by atoms with E-state index < -0.39 is 5.97 Å². The molecule has 0 radical (unpaired) electrons. The van der Waals surface area contributed by atoms with Gasteiger partial charge in [-0.1, -0.05) is 54.1 Å². The average Bonchev–Trinajstić information content (AvgIpc) is 3.39. The summed E-state index contributed by atoms with van der Waals surface area (Å²) in [6.07, 6.45) is 1.71. The van der Waals surface area contributed by atoms with Crippen molar-refractivity contribution >= 4 is 40.1 Å². The van der Waals surface area contributed by atoms with Gasteiger partial charge in [0.2, 0.25) is 0 Å². The van der Waals surface area contributed by atoms with Crippen LogP contribution < -0.4 is 5.73 Å². The van der Waals surface area contributed by atoms with Crippen LogP contribution in [0.3, 0.4) is 0 Å². The Kier molecular flexibility index (Phi) is 6.66. The van der Waals surface area contributed by atoms with Gasteiger partial charge in [-0.25, -0.2) is 14.8 Å². The molecule has 37 heavy (non-hydrogen) atoms. The highest BCUT2D eigenvalue weighted by Gasteiger charge is 2.21. The number of carbonyl (C=O) groups excluding carboxylic acids is 2. The second kappa shape index (κ2) is 10.2. The first-order chi connectivity index (χ1) is 17.9. The van der Waals surface area contributed by atoms with E-state index in [9.17, 15) is 9.59 Å². The van der Waals surface area contributed by atoms with Gasteiger partial charge < -0.3 is 10.5 Å². The molecule has 184 valence electrons. The number of hydrogen-bond donors (Lipinski definition) is 2. The highest BCUT2D eigenvalue weighted by atomic mass is 35.5. The van der Waals surface area contributed by atoms with Crippen molar-refractivity contribution in [1.29, 1.82) is 0 Å². The first kappa shape index (κ1) is 24.1. The van der Waals surface area contributed by atoms with Gasteiger partial charge in [0.1, 0.15) is 5.69 Å². The molecule has 0 aliphatic rings. The van der Waals surface area contributed by atoms with E-state index in [1.54, 1.807) is 43.5 Å². The lowest BCUT2D eigenvalue weighted by Crippen LogP contribution is -2.13. The monoisotopic (exact) mass is 511 g/mol. The fraction of sp³-hybridized carbons (Fsp3) is 0.107. The van der Waals surface area contributed by atoms with Gasteiger partial charge in [0, 0.05) is 22.9 Å². The number of hydrogen-bond acceptors (Lipinski definition) is 7. The molecule has 3 aromatic carbocycles. The Hall–Kier alpha value is -4.56. The van der Waals surface area contributed by atoms with Crippen molar-refractivity contribution in [3.05, 3.63) is 94.8 Å². The van der Waals surface area contributed by atoms with Gasteiger partial charge in [0.25, 0.3) is 0 Å². The molecule has 0 spiro atoms. The maximum Gasteiger partial charge on any atom is 0.338 e. The number of Topliss-reactive ketones (excluding diaryl/α,β-unsaturated/α-hetero) is 1. The van der Waals surface area contributed by atoms with Gasteiger partial charge >= 0.3 is 5.97 Å². The number of nitrogens with zero attached hydrogens (tertiary/aromatic N) is 3. The molecule has 0 aliphatic heterocycles. The molecule has 0 unspecified atom stereocenters. The molecule has 0 atom stereocenters. The predicted molar refractivity (Wildman–Crippen MR) is 142 cm³/mol. The summed E-state index contributed by atoms with van der Waals surface area (Å²) < 4.78 is 5.01. The van der Waals surface area contributed by atoms with Crippen molar-refractivity contribution in [2.24, 2.45) is 0 Å². The zero-order chi connectivity index (χ0) is 25.9. The number of fused-ring (bicyclic) bond motifs is 1. The van der Waals surface area contributed by atoms with Crippen LogP contribution in [0.5, 0.6) is 0 Å². The second-order valence-electron chi connectivity index (χ2n) is 8.33. The number of halogens is 1. The van der Waals surface area contributed by atoms with Crippen LogP contribution in [0.1, 0.15) is 33.3 Å². The Labute approximate surface area is 217 Å². The standard InChI is InChI=1S/C28H22ClN5O3/c1-2-37-28(36)18-10-8-16(9-11-18)12-22(35)26-27(30)33-24(17-6-4-3-5-7-17)25(32-26)19-13-20-15-31-34-23(20)21(29)14-19/h3-11,13-15H,2,12H2,1H3,(H2,30,33)(H,31,34). The van der Waals surface area contributed by atoms with Crippen LogP contribution in [0.15, 0.2) is 72.9 Å². The lowest BCUT2D eigenvalue weighted by atomic mass is 10.0. The number of esters is 1. The fourth-order valence-electron chi connectivity index (χ4n) is 4.05. The number of nitrogen functional groups attached to an aromatic ring is 1. The third kappa shape index (κ3) is 4.92. The molecule has 0 aliphatic carbocycles. The number of ether oxygens (including phenoxy) is 1. The lowest BCUT2D eigenvalue weighted by Gasteiger charge is -2.13. The van der Waals surface area contributed by atoms with E-state index in [-0.39, 0.29) is 30.3 Å². The molecule has 5 rings (SSSR count). The quantitative estimate of drug-likeness (QED) is 0.217. The number of anilines is 1. The zero-order valence-corrected chi connectivity index (χ0v) is 20.6. The van der Waals surface area contributed by atoms with Crippen molar-refractivity contribution in [3.63, 3.8) is 0 Å². The normalized spacial score (nSPS) is 11.0. The Morgan fingerprint density at radius 2 is 1.70 bits per heavy atom. The van der Waals surface area contributed by atoms with E-state index in [0.717, 1.165) is 10.9 Å². The van der Waals surface area contributed by atoms with Gasteiger partial charge in [-0.2, -0.15) is 5.10 Å². The third-order valence-electron chi connectivity index (χ3n) is 5.84. The largest absolute Gasteiger partial charge is 0.462 e. The van der Waals surface area contributed by atoms with Crippen LogP contribution in [0.25, 0.3) is 33.4 Å². The van der Waals surface area contributed by atoms with Crippen molar-refractivity contribution in [2.45, 2.75) is 13.3 Å². The van der Waals surface area contributed by atoms with Crippen LogP contribution in [-0.2, 0) is 11.2 Å². The Balaban J connectivity index is 1.55. The molecule has 8 nitrogen and oxygen atoms in total. The number of benzene rings is 3. The van der Waals surface area contributed by atoms with Crippen molar-refractivity contribution in [1.82, 2.24) is 20.2 Å². The van der Waals surface area contributed by atoms with Gasteiger partial charge in [-0.05, 0) is 36.8 Å². The van der Waals surface area contributed by atoms with Crippen molar-refractivity contribution in [3.8, 4) is 22.5 Å². The second-order valence-corrected chi connectivity index (χ2v) is 8.74. The van der Waals surface area contributed by atoms with E-state index in [1.165, 1.54) is 0 Å². The number of nitrogens with two attached hydrogens (primary N) is 1. The molecule has 0 fully saturated rings. The van der Waals surface area contributed by atoms with E-state index in [0.29, 0.717) is 38.6 Å². The number of rotatable bonds is 7. The molecular formula is C28H22ClN5O3. The first-order valence-corrected chi connectivity index (χ1v) is 12.0. The molecule has 0 saturated carbocycles. The maximum atomic E-state index is 13.3. The number of nitrogens with one attached hydrogen (secondary N) is 1. The average molecular weight is 512 g/mol. The summed E-state index contributed by atoms with van der Waals surface area (Å²) in [4.78, 5) is 34.5. The van der Waals surface area contributed by atoms with Crippen LogP contribution >= 0.6 is 11.6 Å². The highest BCUT2D eigenvalue weighted by molar-refractivity contribution is 6.35. The summed E-state index contributed by atoms with van der Waals surface area (Å²) in [7, 11) is 0. The maximum absolute atomic E-state index is 13.3. The van der Waals surface area contributed by atoms with Crippen LogP contribution in [0.2, 0.25) is 5.02 Å². The molecule has 0 bridgehead atoms. The van der Waals surface area contributed by atoms with Gasteiger partial charge in [0.05, 0.1) is 40.3 Å². The van der Waals surface area contributed by atoms with E-state index in [2.05, 4.69) is 15.2 Å². The Morgan fingerprint density at radius 1 is 0.973 bits per heavy atom. The van der Waals surface area contributed by atoms with Crippen LogP contribution in [0.4, 0.5) is 5.82 Å². The molecule has 5 aromatic rings. The summed E-state index contributed by atoms with van der Waals surface area (Å²) >= 11 is 6.50. The first-order valence-electron chi connectivity index (χ1n) is 11.6. The highest BCUT2D eigenvalue weighted by Crippen LogP contribution is 2.35. The minimum Gasteiger partial charge on any atom is -0.462 e. The van der Waals surface area contributed by atoms with E-state index in [4.69, 9.17) is 27.1 Å². The number of aromatic nitrogens is 4. The SMILES string of the molecule is CCOC(=O)c1ccc(CC(=O)c2nc(-c3cc(Cl)c4[nH]ncc4c3)c(-c3ccccc3)nc2N)cc1. The molecule has 2 heterocycles. The summed E-state index contributed by atoms with van der Waals surface area (Å²) in [6, 6.07) is 19.8. The van der Waals surface area contributed by atoms with Gasteiger partial charge in [-0.3, -0.25) is 9.89 Å². The fourth-order valence-corrected chi connectivity index (χ4v) is 4.31. The van der Waals surface area contributed by atoms with Crippen molar-refractivity contribution in [2.75, 3.05) is 12.3 Å². The zero-order valence-electron chi connectivity index (χ0n) is 19.9. The van der Waals surface area contributed by atoms with E-state index in [1.807, 2.05) is 36.4 Å².